The van der Waals surface area contributed by atoms with Crippen molar-refractivity contribution in [3.05, 3.63) is 65.9 Å². The molecule has 1 amide bonds. The van der Waals surface area contributed by atoms with Crippen molar-refractivity contribution in [1.29, 1.82) is 0 Å². The first-order valence-electron chi connectivity index (χ1n) is 10.2. The van der Waals surface area contributed by atoms with Crippen LogP contribution in [0.2, 0.25) is 0 Å². The fourth-order valence-corrected chi connectivity index (χ4v) is 4.11. The third-order valence-corrected chi connectivity index (χ3v) is 5.74. The van der Waals surface area contributed by atoms with Crippen LogP contribution in [0.4, 0.5) is 0 Å². The van der Waals surface area contributed by atoms with E-state index in [0.717, 1.165) is 42.4 Å². The fourth-order valence-electron chi connectivity index (χ4n) is 4.11. The summed E-state index contributed by atoms with van der Waals surface area (Å²) in [6.45, 7) is 2.01. The van der Waals surface area contributed by atoms with Crippen LogP contribution in [-0.2, 0) is 0 Å². The Morgan fingerprint density at radius 1 is 1.10 bits per heavy atom. The van der Waals surface area contributed by atoms with Gasteiger partial charge in [0.2, 0.25) is 0 Å². The number of fused-ring (bicyclic) bond motifs is 1. The average molecular weight is 393 g/mol. The van der Waals surface area contributed by atoms with Gasteiger partial charge in [0.25, 0.3) is 5.91 Å². The average Bonchev–Trinajstić information content (AvgIpc) is 3.06. The minimum absolute atomic E-state index is 0.219. The second kappa shape index (κ2) is 8.29. The van der Waals surface area contributed by atoms with Crippen molar-refractivity contribution in [3.8, 4) is 5.75 Å². The Balaban J connectivity index is 1.53. The number of amides is 1. The molecule has 1 saturated carbocycles. The minimum Gasteiger partial charge on any atom is -0.488 e. The molecule has 1 aliphatic rings. The summed E-state index contributed by atoms with van der Waals surface area (Å²) in [6, 6.07) is 16.8. The van der Waals surface area contributed by atoms with Gasteiger partial charge in [-0.05, 0) is 56.5 Å². The molecule has 4 rings (SSSR count). The van der Waals surface area contributed by atoms with Gasteiger partial charge in [0, 0.05) is 12.4 Å². The van der Waals surface area contributed by atoms with Crippen LogP contribution in [0.25, 0.3) is 11.0 Å². The highest BCUT2D eigenvalue weighted by atomic mass is 16.5. The maximum absolute atomic E-state index is 13.1. The molecular weight excluding hydrogens is 366 g/mol. The molecule has 1 heterocycles. The van der Waals surface area contributed by atoms with Gasteiger partial charge in [-0.25, -0.2) is 0 Å². The van der Waals surface area contributed by atoms with Crippen LogP contribution in [0.15, 0.2) is 59.0 Å². The Morgan fingerprint density at radius 2 is 1.86 bits per heavy atom. The number of aryl methyl sites for hydroxylation is 1. The van der Waals surface area contributed by atoms with Crippen LogP contribution in [0.1, 0.15) is 41.8 Å². The van der Waals surface area contributed by atoms with Gasteiger partial charge in [-0.15, -0.1) is 0 Å². The Hall–Kier alpha value is -2.79. The third-order valence-electron chi connectivity index (χ3n) is 5.74. The molecule has 0 bridgehead atoms. The zero-order chi connectivity index (χ0) is 20.4. The molecule has 152 valence electrons. The van der Waals surface area contributed by atoms with Gasteiger partial charge in [-0.1, -0.05) is 36.2 Å². The molecule has 5 nitrogen and oxygen atoms in total. The Kier molecular flexibility index (Phi) is 5.58. The first-order chi connectivity index (χ1) is 14.0. The molecule has 2 aromatic carbocycles. The second-order valence-electron chi connectivity index (χ2n) is 7.88. The number of likely N-dealkylation sites (N-methyl/N-ethyl adjacent to an activating group) is 1. The van der Waals surface area contributed by atoms with E-state index >= 15 is 0 Å². The lowest BCUT2D eigenvalue weighted by atomic mass is 10.0. The number of rotatable bonds is 4. The normalized spacial score (nSPS) is 22.2. The summed E-state index contributed by atoms with van der Waals surface area (Å²) in [6.07, 6.45) is 2.27. The van der Waals surface area contributed by atoms with E-state index in [2.05, 4.69) is 0 Å². The molecule has 0 unspecified atom stereocenters. The van der Waals surface area contributed by atoms with E-state index in [1.165, 1.54) is 0 Å². The monoisotopic (exact) mass is 393 g/mol. The Bertz CT molecular complexity index is 981. The zero-order valence-electron chi connectivity index (χ0n) is 16.9. The molecule has 1 fully saturated rings. The molecule has 3 aromatic rings. The van der Waals surface area contributed by atoms with E-state index in [-0.39, 0.29) is 18.1 Å². The van der Waals surface area contributed by atoms with Crippen LogP contribution in [-0.4, -0.2) is 41.2 Å². The highest BCUT2D eigenvalue weighted by molar-refractivity contribution is 5.96. The summed E-state index contributed by atoms with van der Waals surface area (Å²) < 4.78 is 11.8. The molecule has 3 atom stereocenters. The SMILES string of the molecule is Cc1ccc2oc(C(=O)N(C)[C@@H]3CCCC[C@@H](Oc4ccccc4)[C@@H]3O)cc2c1. The number of carbonyl (C=O) groups is 1. The van der Waals surface area contributed by atoms with Gasteiger partial charge < -0.3 is 19.2 Å². The van der Waals surface area contributed by atoms with Gasteiger partial charge in [0.15, 0.2) is 5.76 Å². The number of ether oxygens (including phenoxy) is 1. The minimum atomic E-state index is -0.765. The number of hydrogen-bond donors (Lipinski definition) is 1. The van der Waals surface area contributed by atoms with E-state index in [1.807, 2.05) is 55.5 Å². The second-order valence-corrected chi connectivity index (χ2v) is 7.88. The number of hydrogen-bond acceptors (Lipinski definition) is 4. The van der Waals surface area contributed by atoms with E-state index in [1.54, 1.807) is 18.0 Å². The predicted molar refractivity (Wildman–Crippen MR) is 112 cm³/mol. The molecule has 0 saturated heterocycles. The summed E-state index contributed by atoms with van der Waals surface area (Å²) >= 11 is 0. The van der Waals surface area contributed by atoms with Crippen molar-refractivity contribution >= 4 is 16.9 Å². The van der Waals surface area contributed by atoms with Crippen molar-refractivity contribution in [2.45, 2.75) is 50.9 Å². The number of furan rings is 1. The summed E-state index contributed by atoms with van der Waals surface area (Å²) in [5.74, 6) is 0.812. The van der Waals surface area contributed by atoms with Gasteiger partial charge in [0.1, 0.15) is 23.5 Å². The van der Waals surface area contributed by atoms with E-state index in [0.29, 0.717) is 11.3 Å². The fraction of sp³-hybridized carbons (Fsp3) is 0.375. The summed E-state index contributed by atoms with van der Waals surface area (Å²) in [4.78, 5) is 14.7. The van der Waals surface area contributed by atoms with Crippen LogP contribution in [0, 0.1) is 6.92 Å². The molecule has 0 spiro atoms. The number of para-hydroxylation sites is 1. The summed E-state index contributed by atoms with van der Waals surface area (Å²) in [5.41, 5.74) is 1.81. The van der Waals surface area contributed by atoms with Gasteiger partial charge >= 0.3 is 0 Å². The Morgan fingerprint density at radius 3 is 2.66 bits per heavy atom. The number of carbonyl (C=O) groups excluding carboxylic acids is 1. The van der Waals surface area contributed by atoms with Crippen LogP contribution in [0.5, 0.6) is 5.75 Å². The molecule has 0 aliphatic heterocycles. The van der Waals surface area contributed by atoms with Crippen molar-refractivity contribution in [2.24, 2.45) is 0 Å². The zero-order valence-corrected chi connectivity index (χ0v) is 16.9. The van der Waals surface area contributed by atoms with Crippen LogP contribution < -0.4 is 4.74 Å². The number of aliphatic hydroxyl groups is 1. The van der Waals surface area contributed by atoms with Crippen LogP contribution >= 0.6 is 0 Å². The number of nitrogens with zero attached hydrogens (tertiary/aromatic N) is 1. The lowest BCUT2D eigenvalue weighted by Crippen LogP contribution is -2.49. The molecule has 1 aromatic heterocycles. The first-order valence-corrected chi connectivity index (χ1v) is 10.2. The topological polar surface area (TPSA) is 62.9 Å². The molecular formula is C24H27NO4. The summed E-state index contributed by atoms with van der Waals surface area (Å²) in [5, 5.41) is 12.0. The smallest absolute Gasteiger partial charge is 0.289 e. The standard InChI is InChI=1S/C24H27NO4/c1-16-12-13-20-17(14-16)15-22(29-20)24(27)25(2)19-10-6-7-11-21(23(19)26)28-18-8-4-3-5-9-18/h3-5,8-9,12-15,19,21,23,26H,6-7,10-11H2,1-2H3/t19-,21-,23-/m1/s1. The van der Waals surface area contributed by atoms with E-state index < -0.39 is 6.10 Å². The van der Waals surface area contributed by atoms with Crippen molar-refractivity contribution < 1.29 is 19.1 Å². The van der Waals surface area contributed by atoms with Gasteiger partial charge in [0.05, 0.1) is 6.04 Å². The number of aliphatic hydroxyl groups excluding tert-OH is 1. The highest BCUT2D eigenvalue weighted by Crippen LogP contribution is 2.28. The lowest BCUT2D eigenvalue weighted by Gasteiger charge is -2.33. The molecule has 1 N–H and O–H groups in total. The maximum atomic E-state index is 13.1. The van der Waals surface area contributed by atoms with Crippen molar-refractivity contribution in [3.63, 3.8) is 0 Å². The maximum Gasteiger partial charge on any atom is 0.289 e. The van der Waals surface area contributed by atoms with Crippen molar-refractivity contribution in [2.75, 3.05) is 7.05 Å². The van der Waals surface area contributed by atoms with E-state index in [4.69, 9.17) is 9.15 Å². The van der Waals surface area contributed by atoms with E-state index in [9.17, 15) is 9.90 Å². The highest BCUT2D eigenvalue weighted by Gasteiger charge is 2.36. The Labute approximate surface area is 170 Å². The lowest BCUT2D eigenvalue weighted by molar-refractivity contribution is -0.0149. The summed E-state index contributed by atoms with van der Waals surface area (Å²) in [7, 11) is 1.74. The quantitative estimate of drug-likeness (QED) is 0.660. The molecule has 29 heavy (non-hydrogen) atoms. The largest absolute Gasteiger partial charge is 0.488 e. The molecule has 0 radical (unpaired) electrons. The predicted octanol–water partition coefficient (Wildman–Crippen LogP) is 4.56. The third kappa shape index (κ3) is 4.15. The first kappa shape index (κ1) is 19.5. The molecule has 5 heteroatoms. The van der Waals surface area contributed by atoms with Gasteiger partial charge in [-0.2, -0.15) is 0 Å². The van der Waals surface area contributed by atoms with Gasteiger partial charge in [-0.3, -0.25) is 4.79 Å². The van der Waals surface area contributed by atoms with Crippen LogP contribution in [0.3, 0.4) is 0 Å². The number of benzene rings is 2. The molecule has 1 aliphatic carbocycles. The van der Waals surface area contributed by atoms with Crippen molar-refractivity contribution in [1.82, 2.24) is 4.90 Å².